The SMILES string of the molecule is Cl.Cl.NC1CCN(C2CCSCC2)CC1.O. The summed E-state index contributed by atoms with van der Waals surface area (Å²) in [5.41, 5.74) is 5.90. The van der Waals surface area contributed by atoms with Gasteiger partial charge in [-0.3, -0.25) is 0 Å². The van der Waals surface area contributed by atoms with E-state index in [1.807, 2.05) is 0 Å². The molecule has 0 amide bonds. The number of hydrogen-bond donors (Lipinski definition) is 1. The zero-order valence-electron chi connectivity index (χ0n) is 9.56. The van der Waals surface area contributed by atoms with Gasteiger partial charge < -0.3 is 16.1 Å². The van der Waals surface area contributed by atoms with E-state index in [0.29, 0.717) is 6.04 Å². The molecule has 0 saturated carbocycles. The Labute approximate surface area is 115 Å². The van der Waals surface area contributed by atoms with Crippen LogP contribution in [0.25, 0.3) is 0 Å². The van der Waals surface area contributed by atoms with Gasteiger partial charge in [0, 0.05) is 12.1 Å². The van der Waals surface area contributed by atoms with Crippen LogP contribution in [-0.2, 0) is 0 Å². The molecule has 0 radical (unpaired) electrons. The summed E-state index contributed by atoms with van der Waals surface area (Å²) in [6.45, 7) is 2.49. The lowest BCUT2D eigenvalue weighted by atomic mass is 10.0. The average Bonchev–Trinajstić information content (AvgIpc) is 2.20. The van der Waals surface area contributed by atoms with Gasteiger partial charge in [0.25, 0.3) is 0 Å². The Hall–Kier alpha value is 0.810. The lowest BCUT2D eigenvalue weighted by Gasteiger charge is -2.38. The number of nitrogens with two attached hydrogens (primary N) is 1. The zero-order valence-corrected chi connectivity index (χ0v) is 12.0. The highest BCUT2D eigenvalue weighted by atomic mass is 35.5. The fraction of sp³-hybridized carbons (Fsp3) is 1.00. The van der Waals surface area contributed by atoms with E-state index >= 15 is 0 Å². The van der Waals surface area contributed by atoms with Crippen LogP contribution in [0.3, 0.4) is 0 Å². The number of rotatable bonds is 1. The molecule has 6 heteroatoms. The minimum Gasteiger partial charge on any atom is -0.412 e. The second-order valence-electron chi connectivity index (χ2n) is 4.22. The minimum absolute atomic E-state index is 0. The highest BCUT2D eigenvalue weighted by molar-refractivity contribution is 7.99. The molecule has 0 aliphatic carbocycles. The van der Waals surface area contributed by atoms with E-state index in [2.05, 4.69) is 16.7 Å². The summed E-state index contributed by atoms with van der Waals surface area (Å²) in [5, 5.41) is 0. The Balaban J connectivity index is 0. The highest BCUT2D eigenvalue weighted by Crippen LogP contribution is 2.23. The molecule has 0 spiro atoms. The van der Waals surface area contributed by atoms with E-state index < -0.39 is 0 Å². The predicted molar refractivity (Wildman–Crippen MR) is 77.2 cm³/mol. The van der Waals surface area contributed by atoms with Crippen molar-refractivity contribution in [3.05, 3.63) is 0 Å². The van der Waals surface area contributed by atoms with Crippen molar-refractivity contribution in [1.82, 2.24) is 4.90 Å². The smallest absolute Gasteiger partial charge is 0.0111 e. The molecular formula is C10H24Cl2N2OS. The summed E-state index contributed by atoms with van der Waals surface area (Å²) in [7, 11) is 0. The fourth-order valence-electron chi connectivity index (χ4n) is 2.33. The third-order valence-corrected chi connectivity index (χ3v) is 4.33. The van der Waals surface area contributed by atoms with Crippen LogP contribution in [0.1, 0.15) is 25.7 Å². The van der Waals surface area contributed by atoms with Crippen molar-refractivity contribution >= 4 is 36.6 Å². The van der Waals surface area contributed by atoms with Crippen molar-refractivity contribution in [2.24, 2.45) is 5.73 Å². The Morgan fingerprint density at radius 2 is 1.44 bits per heavy atom. The van der Waals surface area contributed by atoms with Crippen LogP contribution in [0.5, 0.6) is 0 Å². The van der Waals surface area contributed by atoms with E-state index in [9.17, 15) is 0 Å². The molecule has 0 aromatic carbocycles. The van der Waals surface area contributed by atoms with E-state index in [1.165, 1.54) is 50.3 Å². The molecule has 0 unspecified atom stereocenters. The quantitative estimate of drug-likeness (QED) is 0.792. The van der Waals surface area contributed by atoms with Crippen molar-refractivity contribution in [3.63, 3.8) is 0 Å². The van der Waals surface area contributed by atoms with Crippen LogP contribution in [-0.4, -0.2) is 47.1 Å². The first-order valence-corrected chi connectivity index (χ1v) is 6.59. The van der Waals surface area contributed by atoms with Crippen LogP contribution < -0.4 is 5.73 Å². The van der Waals surface area contributed by atoms with Gasteiger partial charge in [-0.1, -0.05) is 0 Å². The average molecular weight is 291 g/mol. The van der Waals surface area contributed by atoms with Crippen molar-refractivity contribution in [1.29, 1.82) is 0 Å². The number of hydrogen-bond acceptors (Lipinski definition) is 3. The molecule has 0 atom stereocenters. The van der Waals surface area contributed by atoms with Crippen LogP contribution >= 0.6 is 36.6 Å². The Kier molecular flexibility index (Phi) is 11.7. The summed E-state index contributed by atoms with van der Waals surface area (Å²) in [6.07, 6.45) is 5.23. The first kappa shape index (κ1) is 19.2. The summed E-state index contributed by atoms with van der Waals surface area (Å²) in [6, 6.07) is 1.36. The van der Waals surface area contributed by atoms with Gasteiger partial charge >= 0.3 is 0 Å². The molecule has 2 saturated heterocycles. The van der Waals surface area contributed by atoms with Crippen LogP contribution in [0.4, 0.5) is 0 Å². The second kappa shape index (κ2) is 9.80. The first-order chi connectivity index (χ1) is 6.36. The number of nitrogens with zero attached hydrogens (tertiary/aromatic N) is 1. The molecule has 2 heterocycles. The molecule has 16 heavy (non-hydrogen) atoms. The maximum Gasteiger partial charge on any atom is 0.0111 e. The third-order valence-electron chi connectivity index (χ3n) is 3.28. The van der Waals surface area contributed by atoms with Gasteiger partial charge in [0.2, 0.25) is 0 Å². The minimum atomic E-state index is 0. The molecule has 2 aliphatic heterocycles. The Morgan fingerprint density at radius 3 is 1.94 bits per heavy atom. The van der Waals surface area contributed by atoms with Crippen LogP contribution in [0.15, 0.2) is 0 Å². The van der Waals surface area contributed by atoms with E-state index in [4.69, 9.17) is 5.73 Å². The number of piperidine rings is 1. The fourth-order valence-corrected chi connectivity index (χ4v) is 3.42. The van der Waals surface area contributed by atoms with E-state index in [1.54, 1.807) is 0 Å². The van der Waals surface area contributed by atoms with Gasteiger partial charge in [0.15, 0.2) is 0 Å². The van der Waals surface area contributed by atoms with Gasteiger partial charge in [-0.25, -0.2) is 0 Å². The lowest BCUT2D eigenvalue weighted by Crippen LogP contribution is -2.46. The van der Waals surface area contributed by atoms with Crippen LogP contribution in [0, 0.1) is 0 Å². The van der Waals surface area contributed by atoms with Gasteiger partial charge in [0.1, 0.15) is 0 Å². The largest absolute Gasteiger partial charge is 0.412 e. The molecule has 0 aromatic heterocycles. The molecule has 4 N–H and O–H groups in total. The number of likely N-dealkylation sites (tertiary alicyclic amines) is 1. The number of halogens is 2. The molecule has 3 nitrogen and oxygen atoms in total. The molecular weight excluding hydrogens is 267 g/mol. The predicted octanol–water partition coefficient (Wildman–Crippen LogP) is 1.32. The van der Waals surface area contributed by atoms with Crippen molar-refractivity contribution in [2.75, 3.05) is 24.6 Å². The third kappa shape index (κ3) is 5.43. The Bertz CT molecular complexity index is 163. The maximum absolute atomic E-state index is 5.90. The monoisotopic (exact) mass is 290 g/mol. The molecule has 0 aromatic rings. The van der Waals surface area contributed by atoms with Crippen molar-refractivity contribution in [2.45, 2.75) is 37.8 Å². The normalized spacial score (nSPS) is 23.8. The second-order valence-corrected chi connectivity index (χ2v) is 5.44. The topological polar surface area (TPSA) is 60.8 Å². The Morgan fingerprint density at radius 1 is 0.938 bits per heavy atom. The standard InChI is InChI=1S/C10H20N2S.2ClH.H2O/c11-9-1-5-12(6-2-9)10-3-7-13-8-4-10;;;/h9-10H,1-8,11H2;2*1H;1H2. The maximum atomic E-state index is 5.90. The van der Waals surface area contributed by atoms with Gasteiger partial charge in [-0.15, -0.1) is 24.8 Å². The summed E-state index contributed by atoms with van der Waals surface area (Å²) < 4.78 is 0. The first-order valence-electron chi connectivity index (χ1n) is 5.43. The molecule has 2 aliphatic rings. The zero-order chi connectivity index (χ0) is 9.10. The van der Waals surface area contributed by atoms with Crippen molar-refractivity contribution in [3.8, 4) is 0 Å². The summed E-state index contributed by atoms with van der Waals surface area (Å²) >= 11 is 2.11. The van der Waals surface area contributed by atoms with Gasteiger partial charge in [-0.2, -0.15) is 11.8 Å². The molecule has 2 fully saturated rings. The number of thioether (sulfide) groups is 1. The molecule has 0 bridgehead atoms. The summed E-state index contributed by atoms with van der Waals surface area (Å²) in [5.74, 6) is 2.74. The van der Waals surface area contributed by atoms with Crippen molar-refractivity contribution < 1.29 is 5.48 Å². The molecule has 100 valence electrons. The lowest BCUT2D eigenvalue weighted by molar-refractivity contribution is 0.145. The van der Waals surface area contributed by atoms with Crippen LogP contribution in [0.2, 0.25) is 0 Å². The highest BCUT2D eigenvalue weighted by Gasteiger charge is 2.24. The summed E-state index contributed by atoms with van der Waals surface area (Å²) in [4.78, 5) is 2.67. The van der Waals surface area contributed by atoms with E-state index in [0.717, 1.165) is 6.04 Å². The van der Waals surface area contributed by atoms with Gasteiger partial charge in [0.05, 0.1) is 0 Å². The molecule has 2 rings (SSSR count). The van der Waals surface area contributed by atoms with Gasteiger partial charge in [-0.05, 0) is 50.3 Å². The van der Waals surface area contributed by atoms with E-state index in [-0.39, 0.29) is 30.3 Å².